The molecule has 0 aliphatic rings. The van der Waals surface area contributed by atoms with Gasteiger partial charge in [-0.1, -0.05) is 6.92 Å². The third-order valence-corrected chi connectivity index (χ3v) is 3.15. The lowest BCUT2D eigenvalue weighted by molar-refractivity contribution is 0.162. The van der Waals surface area contributed by atoms with Crippen molar-refractivity contribution in [2.75, 3.05) is 25.7 Å². The van der Waals surface area contributed by atoms with Crippen molar-refractivity contribution in [3.8, 4) is 0 Å². The van der Waals surface area contributed by atoms with Crippen molar-refractivity contribution in [1.82, 2.24) is 5.32 Å². The summed E-state index contributed by atoms with van der Waals surface area (Å²) in [6.07, 6.45) is 2.14. The van der Waals surface area contributed by atoms with Gasteiger partial charge in [0.1, 0.15) is 18.1 Å². The van der Waals surface area contributed by atoms with Crippen LogP contribution in [0.5, 0.6) is 0 Å². The van der Waals surface area contributed by atoms with E-state index in [0.717, 1.165) is 24.6 Å². The monoisotopic (exact) mass is 243 g/mol. The van der Waals surface area contributed by atoms with Gasteiger partial charge in [0.05, 0.1) is 6.54 Å². The number of hydrogen-bond acceptors (Lipinski definition) is 4. The van der Waals surface area contributed by atoms with E-state index in [0.29, 0.717) is 12.5 Å². The first-order valence-electron chi connectivity index (χ1n) is 5.52. The molecular formula is C12H21NO2S. The summed E-state index contributed by atoms with van der Waals surface area (Å²) in [4.78, 5) is 0. The molecule has 0 aromatic carbocycles. The van der Waals surface area contributed by atoms with Crippen LogP contribution in [0.2, 0.25) is 0 Å². The molecule has 1 rings (SSSR count). The summed E-state index contributed by atoms with van der Waals surface area (Å²) >= 11 is 1.89. The zero-order chi connectivity index (χ0) is 11.8. The molecule has 0 bridgehead atoms. The van der Waals surface area contributed by atoms with Crippen LogP contribution in [0, 0.1) is 5.92 Å². The van der Waals surface area contributed by atoms with E-state index in [1.54, 1.807) is 7.11 Å². The highest BCUT2D eigenvalue weighted by atomic mass is 32.2. The largest absolute Gasteiger partial charge is 0.462 e. The first-order valence-corrected chi connectivity index (χ1v) is 6.91. The Morgan fingerprint density at radius 3 is 2.88 bits per heavy atom. The quantitative estimate of drug-likeness (QED) is 0.761. The molecule has 0 saturated carbocycles. The van der Waals surface area contributed by atoms with Crippen LogP contribution >= 0.6 is 11.8 Å². The minimum absolute atomic E-state index is 0.545. The fourth-order valence-corrected chi connectivity index (χ4v) is 2.21. The zero-order valence-electron chi connectivity index (χ0n) is 10.3. The molecule has 0 fully saturated rings. The Morgan fingerprint density at radius 2 is 2.19 bits per heavy atom. The molecule has 0 amide bonds. The summed E-state index contributed by atoms with van der Waals surface area (Å²) in [7, 11) is 1.67. The van der Waals surface area contributed by atoms with Gasteiger partial charge in [-0.05, 0) is 36.6 Å². The maximum absolute atomic E-state index is 5.57. The standard InChI is InChI=1S/C12H21NO2S/c1-10(9-16-3)6-13-7-11-4-5-12(15-11)8-14-2/h4-5,10,13H,6-9H2,1-3H3. The number of rotatable bonds is 8. The Bertz CT molecular complexity index is 288. The third kappa shape index (κ3) is 5.05. The first-order chi connectivity index (χ1) is 7.76. The Labute approximate surface area is 102 Å². The second-order valence-electron chi connectivity index (χ2n) is 3.99. The van der Waals surface area contributed by atoms with Crippen LogP contribution in [0.15, 0.2) is 16.5 Å². The number of nitrogens with one attached hydrogen (secondary N) is 1. The van der Waals surface area contributed by atoms with Crippen molar-refractivity contribution in [2.45, 2.75) is 20.1 Å². The highest BCUT2D eigenvalue weighted by molar-refractivity contribution is 7.98. The highest BCUT2D eigenvalue weighted by Crippen LogP contribution is 2.09. The molecule has 1 atom stereocenters. The van der Waals surface area contributed by atoms with Gasteiger partial charge in [0.25, 0.3) is 0 Å². The van der Waals surface area contributed by atoms with Gasteiger partial charge in [-0.2, -0.15) is 11.8 Å². The molecule has 1 N–H and O–H groups in total. The van der Waals surface area contributed by atoms with E-state index in [1.165, 1.54) is 5.75 Å². The predicted molar refractivity (Wildman–Crippen MR) is 68.7 cm³/mol. The molecule has 3 nitrogen and oxygen atoms in total. The summed E-state index contributed by atoms with van der Waals surface area (Å²) in [5.74, 6) is 3.75. The van der Waals surface area contributed by atoms with Crippen LogP contribution in [0.1, 0.15) is 18.4 Å². The molecule has 0 saturated heterocycles. The van der Waals surface area contributed by atoms with E-state index < -0.39 is 0 Å². The molecule has 1 aromatic heterocycles. The van der Waals surface area contributed by atoms with Gasteiger partial charge in [0.2, 0.25) is 0 Å². The van der Waals surface area contributed by atoms with E-state index in [4.69, 9.17) is 9.15 Å². The maximum Gasteiger partial charge on any atom is 0.129 e. The molecular weight excluding hydrogens is 222 g/mol. The Hall–Kier alpha value is -0.450. The summed E-state index contributed by atoms with van der Waals surface area (Å²) in [5, 5.41) is 3.39. The average molecular weight is 243 g/mol. The van der Waals surface area contributed by atoms with Crippen molar-refractivity contribution in [3.05, 3.63) is 23.7 Å². The molecule has 0 spiro atoms. The van der Waals surface area contributed by atoms with Gasteiger partial charge in [-0.3, -0.25) is 0 Å². The van der Waals surface area contributed by atoms with Gasteiger partial charge in [-0.25, -0.2) is 0 Å². The van der Waals surface area contributed by atoms with Gasteiger partial charge < -0.3 is 14.5 Å². The van der Waals surface area contributed by atoms with Gasteiger partial charge in [-0.15, -0.1) is 0 Å². The van der Waals surface area contributed by atoms with E-state index in [-0.39, 0.29) is 0 Å². The van der Waals surface area contributed by atoms with Crippen molar-refractivity contribution in [3.63, 3.8) is 0 Å². The number of thioether (sulfide) groups is 1. The molecule has 4 heteroatoms. The molecule has 1 aromatic rings. The van der Waals surface area contributed by atoms with Crippen molar-refractivity contribution < 1.29 is 9.15 Å². The third-order valence-electron chi connectivity index (χ3n) is 2.25. The first kappa shape index (κ1) is 13.6. The topological polar surface area (TPSA) is 34.4 Å². The predicted octanol–water partition coefficient (Wildman–Crippen LogP) is 2.51. The van der Waals surface area contributed by atoms with Gasteiger partial charge in [0.15, 0.2) is 0 Å². The fraction of sp³-hybridized carbons (Fsp3) is 0.667. The minimum Gasteiger partial charge on any atom is -0.462 e. The number of hydrogen-bond donors (Lipinski definition) is 1. The zero-order valence-corrected chi connectivity index (χ0v) is 11.1. The molecule has 0 aliphatic heterocycles. The lowest BCUT2D eigenvalue weighted by Gasteiger charge is -2.09. The molecule has 0 aliphatic carbocycles. The minimum atomic E-state index is 0.545. The van der Waals surface area contributed by atoms with E-state index in [9.17, 15) is 0 Å². The van der Waals surface area contributed by atoms with Crippen LogP contribution in [0.25, 0.3) is 0 Å². The average Bonchev–Trinajstić information content (AvgIpc) is 2.67. The SMILES string of the molecule is COCc1ccc(CNCC(C)CSC)o1. The smallest absolute Gasteiger partial charge is 0.129 e. The van der Waals surface area contributed by atoms with E-state index in [1.807, 2.05) is 23.9 Å². The van der Waals surface area contributed by atoms with Crippen LogP contribution in [-0.4, -0.2) is 25.7 Å². The number of methoxy groups -OCH3 is 1. The molecule has 1 heterocycles. The van der Waals surface area contributed by atoms with Gasteiger partial charge >= 0.3 is 0 Å². The maximum atomic E-state index is 5.57. The van der Waals surface area contributed by atoms with Crippen molar-refractivity contribution in [1.29, 1.82) is 0 Å². The van der Waals surface area contributed by atoms with Crippen molar-refractivity contribution >= 4 is 11.8 Å². The van der Waals surface area contributed by atoms with E-state index >= 15 is 0 Å². The normalized spacial score (nSPS) is 12.9. The second kappa shape index (κ2) is 7.76. The molecule has 16 heavy (non-hydrogen) atoms. The summed E-state index contributed by atoms with van der Waals surface area (Å²) in [6.45, 7) is 4.62. The summed E-state index contributed by atoms with van der Waals surface area (Å²) < 4.78 is 10.6. The second-order valence-corrected chi connectivity index (χ2v) is 4.90. The fourth-order valence-electron chi connectivity index (χ4n) is 1.52. The molecule has 1 unspecified atom stereocenters. The number of ether oxygens (including phenoxy) is 1. The lowest BCUT2D eigenvalue weighted by atomic mass is 10.2. The van der Waals surface area contributed by atoms with Crippen LogP contribution in [0.3, 0.4) is 0 Å². The Balaban J connectivity index is 2.21. The molecule has 92 valence electrons. The number of furan rings is 1. The summed E-state index contributed by atoms with van der Waals surface area (Å²) in [5.41, 5.74) is 0. The highest BCUT2D eigenvalue weighted by Gasteiger charge is 2.03. The van der Waals surface area contributed by atoms with Crippen LogP contribution < -0.4 is 5.32 Å². The van der Waals surface area contributed by atoms with E-state index in [2.05, 4.69) is 18.5 Å². The van der Waals surface area contributed by atoms with Gasteiger partial charge in [0, 0.05) is 7.11 Å². The Morgan fingerprint density at radius 1 is 1.44 bits per heavy atom. The lowest BCUT2D eigenvalue weighted by Crippen LogP contribution is -2.21. The van der Waals surface area contributed by atoms with Crippen molar-refractivity contribution in [2.24, 2.45) is 5.92 Å². The van der Waals surface area contributed by atoms with Crippen LogP contribution in [-0.2, 0) is 17.9 Å². The Kier molecular flexibility index (Phi) is 6.61. The summed E-state index contributed by atoms with van der Waals surface area (Å²) in [6, 6.07) is 3.96. The van der Waals surface area contributed by atoms with Crippen LogP contribution in [0.4, 0.5) is 0 Å². The molecule has 0 radical (unpaired) electrons.